The molecule has 1 fully saturated rings. The quantitative estimate of drug-likeness (QED) is 0.664. The summed E-state index contributed by atoms with van der Waals surface area (Å²) in [7, 11) is 0. The van der Waals surface area contributed by atoms with Crippen molar-refractivity contribution in [2.45, 2.75) is 20.0 Å². The van der Waals surface area contributed by atoms with Crippen molar-refractivity contribution in [3.05, 3.63) is 5.92 Å². The maximum Gasteiger partial charge on any atom is 0.0932 e. The molecule has 1 radical (unpaired) electrons. The number of aliphatic hydroxyl groups is 1. The van der Waals surface area contributed by atoms with Crippen LogP contribution in [0.5, 0.6) is 0 Å². The third-order valence-electron chi connectivity index (χ3n) is 1.97. The Balaban J connectivity index is 2.25. The first-order valence-electron chi connectivity index (χ1n) is 4.46. The Kier molecular flexibility index (Phi) is 3.98. The summed E-state index contributed by atoms with van der Waals surface area (Å²) in [6.45, 7) is 8.02. The highest BCUT2D eigenvalue weighted by molar-refractivity contribution is 4.84. The lowest BCUT2D eigenvalue weighted by Gasteiger charge is -2.32. The lowest BCUT2D eigenvalue weighted by molar-refractivity contribution is -0.0513. The molecule has 0 aliphatic carbocycles. The van der Waals surface area contributed by atoms with Crippen molar-refractivity contribution in [1.29, 1.82) is 0 Å². The Hall–Kier alpha value is -0.120. The predicted molar refractivity (Wildman–Crippen MR) is 47.9 cm³/mol. The molecule has 12 heavy (non-hydrogen) atoms. The van der Waals surface area contributed by atoms with Crippen LogP contribution in [0.4, 0.5) is 0 Å². The SMILES string of the molecule is C[C](C)CN1CCO[C@@H](CO)C1. The largest absolute Gasteiger partial charge is 0.394 e. The minimum absolute atomic E-state index is 0.0260. The van der Waals surface area contributed by atoms with Gasteiger partial charge >= 0.3 is 0 Å². The average Bonchev–Trinajstić information content (AvgIpc) is 2.03. The van der Waals surface area contributed by atoms with Crippen LogP contribution in [0.15, 0.2) is 0 Å². The summed E-state index contributed by atoms with van der Waals surface area (Å²) < 4.78 is 5.34. The number of nitrogens with zero attached hydrogens (tertiary/aromatic N) is 1. The standard InChI is InChI=1S/C9H18NO2/c1-8(2)5-10-3-4-12-9(6-10)7-11/h9,11H,3-7H2,1-2H3/t9-/m1/s1. The normalized spacial score (nSPS) is 26.5. The monoisotopic (exact) mass is 172 g/mol. The molecular formula is C9H18NO2. The summed E-state index contributed by atoms with van der Waals surface area (Å²) in [5, 5.41) is 8.88. The lowest BCUT2D eigenvalue weighted by Crippen LogP contribution is -2.45. The van der Waals surface area contributed by atoms with Crippen LogP contribution < -0.4 is 0 Å². The van der Waals surface area contributed by atoms with Crippen molar-refractivity contribution in [2.24, 2.45) is 0 Å². The van der Waals surface area contributed by atoms with Gasteiger partial charge in [0.05, 0.1) is 19.3 Å². The molecule has 1 rings (SSSR count). The van der Waals surface area contributed by atoms with Crippen molar-refractivity contribution in [2.75, 3.05) is 32.8 Å². The van der Waals surface area contributed by atoms with Crippen LogP contribution in [-0.2, 0) is 4.74 Å². The molecule has 1 heterocycles. The summed E-state index contributed by atoms with van der Waals surface area (Å²) in [5.41, 5.74) is 0. The Morgan fingerprint density at radius 2 is 2.33 bits per heavy atom. The van der Waals surface area contributed by atoms with Gasteiger partial charge in [0.15, 0.2) is 0 Å². The first kappa shape index (κ1) is 9.96. The second kappa shape index (κ2) is 4.80. The number of hydrogen-bond acceptors (Lipinski definition) is 3. The molecule has 3 heteroatoms. The first-order valence-corrected chi connectivity index (χ1v) is 4.46. The van der Waals surface area contributed by atoms with Crippen molar-refractivity contribution >= 4 is 0 Å². The van der Waals surface area contributed by atoms with Crippen LogP contribution in [0.2, 0.25) is 0 Å². The smallest absolute Gasteiger partial charge is 0.0932 e. The van der Waals surface area contributed by atoms with Gasteiger partial charge in [0.2, 0.25) is 0 Å². The van der Waals surface area contributed by atoms with Crippen LogP contribution >= 0.6 is 0 Å². The molecule has 1 atom stereocenters. The third kappa shape index (κ3) is 3.09. The van der Waals surface area contributed by atoms with Crippen molar-refractivity contribution in [3.8, 4) is 0 Å². The summed E-state index contributed by atoms with van der Waals surface area (Å²) >= 11 is 0. The fourth-order valence-electron chi connectivity index (χ4n) is 1.48. The molecule has 0 aromatic heterocycles. The van der Waals surface area contributed by atoms with E-state index in [0.717, 1.165) is 26.2 Å². The molecule has 1 aliphatic heterocycles. The van der Waals surface area contributed by atoms with E-state index in [9.17, 15) is 0 Å². The zero-order chi connectivity index (χ0) is 8.97. The summed E-state index contributed by atoms with van der Waals surface area (Å²) in [6.07, 6.45) is 0.0260. The van der Waals surface area contributed by atoms with Gasteiger partial charge in [-0.3, -0.25) is 4.90 Å². The minimum atomic E-state index is 0.0260. The van der Waals surface area contributed by atoms with E-state index in [2.05, 4.69) is 18.7 Å². The van der Waals surface area contributed by atoms with Crippen LogP contribution in [0, 0.1) is 5.92 Å². The molecule has 71 valence electrons. The topological polar surface area (TPSA) is 32.7 Å². The van der Waals surface area contributed by atoms with Crippen LogP contribution in [0.1, 0.15) is 13.8 Å². The molecule has 0 unspecified atom stereocenters. The van der Waals surface area contributed by atoms with E-state index in [1.807, 2.05) is 0 Å². The van der Waals surface area contributed by atoms with Gasteiger partial charge in [-0.05, 0) is 5.92 Å². The highest BCUT2D eigenvalue weighted by Crippen LogP contribution is 2.07. The van der Waals surface area contributed by atoms with Crippen molar-refractivity contribution in [1.82, 2.24) is 4.90 Å². The van der Waals surface area contributed by atoms with E-state index < -0.39 is 0 Å². The summed E-state index contributed by atoms with van der Waals surface area (Å²) in [5.74, 6) is 1.41. The number of aliphatic hydroxyl groups excluding tert-OH is 1. The Labute approximate surface area is 74.3 Å². The van der Waals surface area contributed by atoms with E-state index in [0.29, 0.717) is 0 Å². The number of ether oxygens (including phenoxy) is 1. The molecule has 3 nitrogen and oxygen atoms in total. The average molecular weight is 172 g/mol. The predicted octanol–water partition coefficient (Wildman–Crippen LogP) is 0.294. The van der Waals surface area contributed by atoms with Gasteiger partial charge in [0.1, 0.15) is 0 Å². The maximum atomic E-state index is 8.88. The second-order valence-corrected chi connectivity index (χ2v) is 3.62. The minimum Gasteiger partial charge on any atom is -0.394 e. The maximum absolute atomic E-state index is 8.88. The van der Waals surface area contributed by atoms with E-state index >= 15 is 0 Å². The van der Waals surface area contributed by atoms with Crippen molar-refractivity contribution < 1.29 is 9.84 Å². The van der Waals surface area contributed by atoms with Crippen molar-refractivity contribution in [3.63, 3.8) is 0 Å². The van der Waals surface area contributed by atoms with Crippen LogP contribution in [0.3, 0.4) is 0 Å². The van der Waals surface area contributed by atoms with Gasteiger partial charge in [0, 0.05) is 19.6 Å². The lowest BCUT2D eigenvalue weighted by atomic mass is 10.2. The fraction of sp³-hybridized carbons (Fsp3) is 0.889. The van der Waals surface area contributed by atoms with E-state index in [1.54, 1.807) is 0 Å². The van der Waals surface area contributed by atoms with Gasteiger partial charge in [-0.25, -0.2) is 0 Å². The highest BCUT2D eigenvalue weighted by atomic mass is 16.5. The number of hydrogen-bond donors (Lipinski definition) is 1. The summed E-state index contributed by atoms with van der Waals surface area (Å²) in [4.78, 5) is 2.32. The molecule has 0 bridgehead atoms. The van der Waals surface area contributed by atoms with Gasteiger partial charge in [0.25, 0.3) is 0 Å². The molecule has 0 amide bonds. The molecule has 1 N–H and O–H groups in total. The van der Waals surface area contributed by atoms with Gasteiger partial charge in [-0.15, -0.1) is 0 Å². The number of morpholine rings is 1. The molecule has 1 aliphatic rings. The van der Waals surface area contributed by atoms with E-state index in [4.69, 9.17) is 9.84 Å². The second-order valence-electron chi connectivity index (χ2n) is 3.62. The molecule has 1 saturated heterocycles. The van der Waals surface area contributed by atoms with E-state index in [-0.39, 0.29) is 12.7 Å². The van der Waals surface area contributed by atoms with Crippen LogP contribution in [-0.4, -0.2) is 49.0 Å². The Morgan fingerprint density at radius 1 is 1.58 bits per heavy atom. The number of rotatable bonds is 3. The highest BCUT2D eigenvalue weighted by Gasteiger charge is 2.19. The first-order chi connectivity index (χ1) is 5.72. The zero-order valence-corrected chi connectivity index (χ0v) is 7.92. The van der Waals surface area contributed by atoms with Gasteiger partial charge < -0.3 is 9.84 Å². The third-order valence-corrected chi connectivity index (χ3v) is 1.97. The molecule has 0 aromatic carbocycles. The Morgan fingerprint density at radius 3 is 2.92 bits per heavy atom. The molecule has 0 spiro atoms. The molecular weight excluding hydrogens is 154 g/mol. The fourth-order valence-corrected chi connectivity index (χ4v) is 1.48. The zero-order valence-electron chi connectivity index (χ0n) is 7.92. The summed E-state index contributed by atoms with van der Waals surface area (Å²) in [6, 6.07) is 0. The van der Waals surface area contributed by atoms with Gasteiger partial charge in [-0.2, -0.15) is 0 Å². The van der Waals surface area contributed by atoms with Gasteiger partial charge in [-0.1, -0.05) is 13.8 Å². The molecule has 0 saturated carbocycles. The van der Waals surface area contributed by atoms with E-state index in [1.165, 1.54) is 5.92 Å². The van der Waals surface area contributed by atoms with Crippen LogP contribution in [0.25, 0.3) is 0 Å². The molecule has 0 aromatic rings. The Bertz CT molecular complexity index is 128.